The van der Waals surface area contributed by atoms with Crippen molar-refractivity contribution in [3.05, 3.63) is 17.5 Å². The number of aromatic nitrogens is 2. The number of halogens is 1. The molecule has 5 nitrogen and oxygen atoms in total. The Bertz CT molecular complexity index is 390. The number of rotatable bonds is 1. The largest absolute Gasteiger partial charge is 0.297 e. The normalized spacial score (nSPS) is 16.5. The summed E-state index contributed by atoms with van der Waals surface area (Å²) in [6.07, 6.45) is 2.66. The topological polar surface area (TPSA) is 63.2 Å². The SMILES string of the molecule is O=C1CC(=O)N(c2cnc(Cl)cn2)C1. The van der Waals surface area contributed by atoms with Crippen LogP contribution in [0.3, 0.4) is 0 Å². The van der Waals surface area contributed by atoms with Crippen LogP contribution in [0, 0.1) is 0 Å². The Morgan fingerprint density at radius 1 is 1.29 bits per heavy atom. The van der Waals surface area contributed by atoms with E-state index in [1.165, 1.54) is 17.3 Å². The molecule has 72 valence electrons. The van der Waals surface area contributed by atoms with Crippen molar-refractivity contribution in [3.8, 4) is 0 Å². The number of anilines is 1. The van der Waals surface area contributed by atoms with Gasteiger partial charge in [0.25, 0.3) is 0 Å². The number of nitrogens with zero attached hydrogens (tertiary/aromatic N) is 3. The Kier molecular flexibility index (Phi) is 2.17. The monoisotopic (exact) mass is 211 g/mol. The van der Waals surface area contributed by atoms with Gasteiger partial charge in [-0.15, -0.1) is 0 Å². The van der Waals surface area contributed by atoms with Crippen molar-refractivity contribution in [3.63, 3.8) is 0 Å². The fourth-order valence-corrected chi connectivity index (χ4v) is 1.34. The molecule has 0 N–H and O–H groups in total. The number of amides is 1. The first-order valence-electron chi connectivity index (χ1n) is 3.96. The van der Waals surface area contributed by atoms with Gasteiger partial charge in [0.1, 0.15) is 5.15 Å². The highest BCUT2D eigenvalue weighted by atomic mass is 35.5. The van der Waals surface area contributed by atoms with E-state index in [1.54, 1.807) is 0 Å². The van der Waals surface area contributed by atoms with Crippen LogP contribution in [0.15, 0.2) is 12.4 Å². The van der Waals surface area contributed by atoms with Crippen LogP contribution in [0.5, 0.6) is 0 Å². The zero-order valence-electron chi connectivity index (χ0n) is 7.11. The number of Topliss-reactive ketones (excluding diaryl/α,β-unsaturated/α-hetero) is 1. The van der Waals surface area contributed by atoms with E-state index < -0.39 is 0 Å². The molecule has 1 aliphatic heterocycles. The zero-order valence-corrected chi connectivity index (χ0v) is 7.86. The Morgan fingerprint density at radius 3 is 2.57 bits per heavy atom. The van der Waals surface area contributed by atoms with Crippen molar-refractivity contribution >= 4 is 29.1 Å². The van der Waals surface area contributed by atoms with Gasteiger partial charge in [0.15, 0.2) is 11.6 Å². The van der Waals surface area contributed by atoms with Crippen molar-refractivity contribution in [2.24, 2.45) is 0 Å². The van der Waals surface area contributed by atoms with Gasteiger partial charge >= 0.3 is 0 Å². The molecule has 1 fully saturated rings. The van der Waals surface area contributed by atoms with Crippen LogP contribution in [0.25, 0.3) is 0 Å². The second kappa shape index (κ2) is 3.34. The predicted octanol–water partition coefficient (Wildman–Crippen LogP) is 0.436. The summed E-state index contributed by atoms with van der Waals surface area (Å²) in [6.45, 7) is 0.0785. The molecule has 1 aliphatic rings. The summed E-state index contributed by atoms with van der Waals surface area (Å²) in [4.78, 5) is 31.2. The number of hydrogen-bond acceptors (Lipinski definition) is 4. The number of carbonyl (C=O) groups is 2. The standard InChI is InChI=1S/C8H6ClN3O2/c9-6-2-11-7(3-10-6)12-4-5(13)1-8(12)14/h2-3H,1,4H2. The minimum absolute atomic E-state index is 0.0513. The van der Waals surface area contributed by atoms with Crippen molar-refractivity contribution in [1.82, 2.24) is 9.97 Å². The maximum atomic E-state index is 11.3. The van der Waals surface area contributed by atoms with Gasteiger partial charge in [0, 0.05) is 0 Å². The molecule has 14 heavy (non-hydrogen) atoms. The lowest BCUT2D eigenvalue weighted by atomic mass is 10.3. The molecule has 1 amide bonds. The van der Waals surface area contributed by atoms with Crippen molar-refractivity contribution in [1.29, 1.82) is 0 Å². The molecule has 0 atom stereocenters. The summed E-state index contributed by atoms with van der Waals surface area (Å²) in [7, 11) is 0. The Labute approximate surface area is 84.7 Å². The zero-order chi connectivity index (χ0) is 10.1. The minimum Gasteiger partial charge on any atom is -0.297 e. The fourth-order valence-electron chi connectivity index (χ4n) is 1.24. The van der Waals surface area contributed by atoms with Crippen LogP contribution in [0.1, 0.15) is 6.42 Å². The Balaban J connectivity index is 2.27. The molecule has 1 aromatic heterocycles. The molecule has 0 aliphatic carbocycles. The predicted molar refractivity (Wildman–Crippen MR) is 49.0 cm³/mol. The lowest BCUT2D eigenvalue weighted by Gasteiger charge is -2.11. The molecule has 6 heteroatoms. The van der Waals surface area contributed by atoms with Gasteiger partial charge in [-0.25, -0.2) is 9.97 Å². The van der Waals surface area contributed by atoms with E-state index >= 15 is 0 Å². The quantitative estimate of drug-likeness (QED) is 0.633. The maximum absolute atomic E-state index is 11.3. The average molecular weight is 212 g/mol. The lowest BCUT2D eigenvalue weighted by Crippen LogP contribution is -2.25. The van der Waals surface area contributed by atoms with Crippen molar-refractivity contribution in [2.75, 3.05) is 11.4 Å². The van der Waals surface area contributed by atoms with Crippen LogP contribution < -0.4 is 4.90 Å². The third-order valence-electron chi connectivity index (χ3n) is 1.87. The minimum atomic E-state index is -0.244. The fraction of sp³-hybridized carbons (Fsp3) is 0.250. The maximum Gasteiger partial charge on any atom is 0.236 e. The van der Waals surface area contributed by atoms with E-state index in [2.05, 4.69) is 9.97 Å². The molecular formula is C8H6ClN3O2. The molecular weight excluding hydrogens is 206 g/mol. The summed E-state index contributed by atoms with van der Waals surface area (Å²) in [5.41, 5.74) is 0. The van der Waals surface area contributed by atoms with E-state index in [1.807, 2.05) is 0 Å². The highest BCUT2D eigenvalue weighted by Gasteiger charge is 2.29. The first-order chi connectivity index (χ1) is 6.66. The van der Waals surface area contributed by atoms with E-state index in [0.29, 0.717) is 5.82 Å². The van der Waals surface area contributed by atoms with Gasteiger partial charge in [-0.2, -0.15) is 0 Å². The number of hydrogen-bond donors (Lipinski definition) is 0. The molecule has 0 unspecified atom stereocenters. The second-order valence-electron chi connectivity index (χ2n) is 2.89. The van der Waals surface area contributed by atoms with Crippen LogP contribution in [0.4, 0.5) is 5.82 Å². The summed E-state index contributed by atoms with van der Waals surface area (Å²) in [5.74, 6) is 0.0172. The third-order valence-corrected chi connectivity index (χ3v) is 2.06. The summed E-state index contributed by atoms with van der Waals surface area (Å²) in [5, 5.41) is 0.256. The molecule has 1 saturated heterocycles. The first kappa shape index (κ1) is 9.08. The highest BCUT2D eigenvalue weighted by Crippen LogP contribution is 2.16. The molecule has 2 rings (SSSR count). The molecule has 1 aromatic rings. The number of ketones is 1. The third kappa shape index (κ3) is 1.58. The van der Waals surface area contributed by atoms with Gasteiger partial charge in [0.05, 0.1) is 25.4 Å². The number of carbonyl (C=O) groups excluding carboxylic acids is 2. The van der Waals surface area contributed by atoms with E-state index in [4.69, 9.17) is 11.6 Å². The van der Waals surface area contributed by atoms with Crippen LogP contribution >= 0.6 is 11.6 Å². The molecule has 0 spiro atoms. The van der Waals surface area contributed by atoms with Gasteiger partial charge in [-0.05, 0) is 0 Å². The van der Waals surface area contributed by atoms with Gasteiger partial charge in [-0.1, -0.05) is 11.6 Å². The van der Waals surface area contributed by atoms with Crippen LogP contribution in [0.2, 0.25) is 5.15 Å². The van der Waals surface area contributed by atoms with E-state index in [-0.39, 0.29) is 29.8 Å². The Morgan fingerprint density at radius 2 is 2.07 bits per heavy atom. The molecule has 0 saturated carbocycles. The second-order valence-corrected chi connectivity index (χ2v) is 3.28. The molecule has 0 bridgehead atoms. The first-order valence-corrected chi connectivity index (χ1v) is 4.34. The van der Waals surface area contributed by atoms with Crippen molar-refractivity contribution in [2.45, 2.75) is 6.42 Å². The van der Waals surface area contributed by atoms with Gasteiger partial charge in [-0.3, -0.25) is 14.5 Å². The molecule has 0 aromatic carbocycles. The van der Waals surface area contributed by atoms with Crippen LogP contribution in [-0.4, -0.2) is 28.2 Å². The molecule has 2 heterocycles. The van der Waals surface area contributed by atoms with Gasteiger partial charge in [0.2, 0.25) is 5.91 Å². The lowest BCUT2D eigenvalue weighted by molar-refractivity contribution is -0.121. The smallest absolute Gasteiger partial charge is 0.236 e. The highest BCUT2D eigenvalue weighted by molar-refractivity contribution is 6.29. The average Bonchev–Trinajstić information content (AvgIpc) is 2.47. The van der Waals surface area contributed by atoms with Crippen molar-refractivity contribution < 1.29 is 9.59 Å². The van der Waals surface area contributed by atoms with E-state index in [0.717, 1.165) is 0 Å². The summed E-state index contributed by atoms with van der Waals surface area (Å²) >= 11 is 5.54. The van der Waals surface area contributed by atoms with Crippen LogP contribution in [-0.2, 0) is 9.59 Å². The molecule has 0 radical (unpaired) electrons. The van der Waals surface area contributed by atoms with E-state index in [9.17, 15) is 9.59 Å². The summed E-state index contributed by atoms with van der Waals surface area (Å²) < 4.78 is 0. The van der Waals surface area contributed by atoms with Gasteiger partial charge < -0.3 is 0 Å². The summed E-state index contributed by atoms with van der Waals surface area (Å²) in [6, 6.07) is 0. The Hall–Kier alpha value is -1.49.